The van der Waals surface area contributed by atoms with Gasteiger partial charge in [-0.25, -0.2) is 4.98 Å². The van der Waals surface area contributed by atoms with Crippen LogP contribution < -0.4 is 15.5 Å². The Kier molecular flexibility index (Phi) is 8.29. The van der Waals surface area contributed by atoms with Crippen LogP contribution in [0.2, 0.25) is 10.0 Å². The van der Waals surface area contributed by atoms with Gasteiger partial charge in [-0.2, -0.15) is 10.1 Å². The van der Waals surface area contributed by atoms with Gasteiger partial charge in [0.15, 0.2) is 0 Å². The summed E-state index contributed by atoms with van der Waals surface area (Å²) in [5, 5.41) is 12.6. The highest BCUT2D eigenvalue weighted by atomic mass is 35.5. The normalized spacial score (nSPS) is 17.9. The van der Waals surface area contributed by atoms with Crippen molar-refractivity contribution >= 4 is 40.9 Å². The van der Waals surface area contributed by atoms with E-state index in [0.29, 0.717) is 28.2 Å². The minimum atomic E-state index is -0.195. The molecule has 0 atom stereocenters. The number of benzene rings is 1. The first-order valence-electron chi connectivity index (χ1n) is 12.6. The smallest absolute Gasteiger partial charge is 0.269 e. The van der Waals surface area contributed by atoms with Gasteiger partial charge in [-0.15, -0.1) is 0 Å². The summed E-state index contributed by atoms with van der Waals surface area (Å²) in [6, 6.07) is 9.52. The summed E-state index contributed by atoms with van der Waals surface area (Å²) in [6.07, 6.45) is 5.36. The molecular weight excluding hydrogens is 509 g/mol. The van der Waals surface area contributed by atoms with E-state index < -0.39 is 0 Å². The molecule has 0 saturated heterocycles. The molecule has 3 aromatic rings. The number of anilines is 2. The highest BCUT2D eigenvalue weighted by Gasteiger charge is 2.27. The zero-order chi connectivity index (χ0) is 26.7. The average Bonchev–Trinajstić information content (AvgIpc) is 3.27. The molecule has 0 unspecified atom stereocenters. The minimum Gasteiger partial charge on any atom is -0.363 e. The third-order valence-electron chi connectivity index (χ3n) is 6.61. The second kappa shape index (κ2) is 11.3. The molecule has 8 nitrogen and oxygen atoms in total. The van der Waals surface area contributed by atoms with Gasteiger partial charge in [-0.05, 0) is 55.5 Å². The van der Waals surface area contributed by atoms with E-state index in [9.17, 15) is 4.79 Å². The summed E-state index contributed by atoms with van der Waals surface area (Å²) in [5.41, 5.74) is 2.05. The van der Waals surface area contributed by atoms with Gasteiger partial charge < -0.3 is 15.5 Å². The quantitative estimate of drug-likeness (QED) is 0.406. The van der Waals surface area contributed by atoms with Crippen LogP contribution in [0.1, 0.15) is 68.2 Å². The largest absolute Gasteiger partial charge is 0.363 e. The Labute approximate surface area is 228 Å². The van der Waals surface area contributed by atoms with Crippen LogP contribution in [0.4, 0.5) is 11.8 Å². The molecule has 0 spiro atoms. The topological polar surface area (TPSA) is 88.0 Å². The second-order valence-electron chi connectivity index (χ2n) is 10.9. The molecule has 1 aliphatic rings. The van der Waals surface area contributed by atoms with E-state index in [1.807, 2.05) is 37.2 Å². The molecule has 0 aliphatic heterocycles. The fourth-order valence-corrected chi connectivity index (χ4v) is 4.86. The molecule has 1 aromatic carbocycles. The number of hydrogen-bond donors (Lipinski definition) is 2. The van der Waals surface area contributed by atoms with Gasteiger partial charge in [0.1, 0.15) is 11.5 Å². The van der Waals surface area contributed by atoms with E-state index in [1.54, 1.807) is 23.0 Å². The number of rotatable bonds is 7. The fraction of sp³-hybridized carbons (Fsp3) is 0.481. The Hall–Kier alpha value is -2.84. The van der Waals surface area contributed by atoms with Crippen molar-refractivity contribution in [1.82, 2.24) is 25.1 Å². The SMILES string of the molecule is CN(C)c1ccnc(NC2CCC(NC(=O)c3cc(C(C)(C)C)nn3Cc3ccc(Cl)cc3Cl)CC2)n1. The van der Waals surface area contributed by atoms with Crippen molar-refractivity contribution in [3.8, 4) is 0 Å². The standard InChI is InChI=1S/C27H35Cl2N7O/c1-27(2,3)23-15-22(36(34-23)16-17-6-7-18(28)14-21(17)29)25(37)31-19-8-10-20(11-9-19)32-26-30-13-12-24(33-26)35(4)5/h6-7,12-15,19-20H,8-11,16H2,1-5H3,(H,31,37)(H,30,32,33). The number of aromatic nitrogens is 4. The molecule has 10 heteroatoms. The lowest BCUT2D eigenvalue weighted by atomic mass is 9.91. The van der Waals surface area contributed by atoms with Crippen molar-refractivity contribution in [2.45, 2.75) is 70.5 Å². The lowest BCUT2D eigenvalue weighted by Gasteiger charge is -2.29. The Balaban J connectivity index is 1.41. The Morgan fingerprint density at radius 1 is 1.08 bits per heavy atom. The van der Waals surface area contributed by atoms with Gasteiger partial charge in [0.05, 0.1) is 12.2 Å². The number of halogens is 2. The van der Waals surface area contributed by atoms with Crippen LogP contribution in [0.5, 0.6) is 0 Å². The van der Waals surface area contributed by atoms with Gasteiger partial charge in [0.2, 0.25) is 5.95 Å². The van der Waals surface area contributed by atoms with E-state index in [0.717, 1.165) is 42.8 Å². The molecule has 2 N–H and O–H groups in total. The molecule has 2 aromatic heterocycles. The molecule has 1 saturated carbocycles. The number of nitrogens with zero attached hydrogens (tertiary/aromatic N) is 5. The van der Waals surface area contributed by atoms with Gasteiger partial charge in [0.25, 0.3) is 5.91 Å². The zero-order valence-electron chi connectivity index (χ0n) is 22.1. The summed E-state index contributed by atoms with van der Waals surface area (Å²) in [6.45, 7) is 6.64. The molecule has 1 aliphatic carbocycles. The summed E-state index contributed by atoms with van der Waals surface area (Å²) >= 11 is 12.5. The Bertz CT molecular complexity index is 1240. The van der Waals surface area contributed by atoms with Crippen molar-refractivity contribution in [3.63, 3.8) is 0 Å². The van der Waals surface area contributed by atoms with Crippen molar-refractivity contribution in [3.05, 3.63) is 63.5 Å². The van der Waals surface area contributed by atoms with Crippen molar-refractivity contribution in [2.24, 2.45) is 0 Å². The van der Waals surface area contributed by atoms with E-state index in [2.05, 4.69) is 41.4 Å². The summed E-state index contributed by atoms with van der Waals surface area (Å²) in [4.78, 5) is 24.3. The first-order chi connectivity index (χ1) is 17.5. The monoisotopic (exact) mass is 543 g/mol. The Morgan fingerprint density at radius 3 is 2.43 bits per heavy atom. The van der Waals surface area contributed by atoms with E-state index >= 15 is 0 Å². The maximum Gasteiger partial charge on any atom is 0.269 e. The van der Waals surface area contributed by atoms with Crippen LogP contribution >= 0.6 is 23.2 Å². The van der Waals surface area contributed by atoms with Crippen molar-refractivity contribution in [2.75, 3.05) is 24.3 Å². The molecule has 1 fully saturated rings. The summed E-state index contributed by atoms with van der Waals surface area (Å²) in [7, 11) is 3.92. The number of carbonyl (C=O) groups excluding carboxylic acids is 1. The summed E-state index contributed by atoms with van der Waals surface area (Å²) in [5.74, 6) is 1.38. The fourth-order valence-electron chi connectivity index (χ4n) is 4.39. The Morgan fingerprint density at radius 2 is 1.78 bits per heavy atom. The van der Waals surface area contributed by atoms with Gasteiger partial charge in [-0.3, -0.25) is 9.48 Å². The van der Waals surface area contributed by atoms with Crippen LogP contribution in [0.25, 0.3) is 0 Å². The second-order valence-corrected chi connectivity index (χ2v) is 11.7. The molecule has 37 heavy (non-hydrogen) atoms. The third kappa shape index (κ3) is 6.93. The molecule has 1 amide bonds. The number of nitrogens with one attached hydrogen (secondary N) is 2. The maximum atomic E-state index is 13.4. The highest BCUT2D eigenvalue weighted by molar-refractivity contribution is 6.35. The van der Waals surface area contributed by atoms with Crippen LogP contribution in [0.3, 0.4) is 0 Å². The van der Waals surface area contributed by atoms with E-state index in [4.69, 9.17) is 28.3 Å². The molecule has 198 valence electrons. The van der Waals surface area contributed by atoms with Crippen molar-refractivity contribution < 1.29 is 4.79 Å². The number of amides is 1. The minimum absolute atomic E-state index is 0.0973. The average molecular weight is 545 g/mol. The van der Waals surface area contributed by atoms with Crippen LogP contribution in [-0.4, -0.2) is 51.8 Å². The number of hydrogen-bond acceptors (Lipinski definition) is 6. The summed E-state index contributed by atoms with van der Waals surface area (Å²) < 4.78 is 1.74. The van der Waals surface area contributed by atoms with Crippen LogP contribution in [-0.2, 0) is 12.0 Å². The van der Waals surface area contributed by atoms with Gasteiger partial charge in [-0.1, -0.05) is 50.0 Å². The third-order valence-corrected chi connectivity index (χ3v) is 7.20. The predicted octanol–water partition coefficient (Wildman–Crippen LogP) is 5.54. The zero-order valence-corrected chi connectivity index (χ0v) is 23.6. The van der Waals surface area contributed by atoms with Crippen LogP contribution in [0, 0.1) is 0 Å². The highest BCUT2D eigenvalue weighted by Crippen LogP contribution is 2.26. The first-order valence-corrected chi connectivity index (χ1v) is 13.3. The lowest BCUT2D eigenvalue weighted by Crippen LogP contribution is -2.41. The maximum absolute atomic E-state index is 13.4. The van der Waals surface area contributed by atoms with E-state index in [1.165, 1.54) is 0 Å². The van der Waals surface area contributed by atoms with Crippen LogP contribution in [0.15, 0.2) is 36.5 Å². The molecular formula is C27H35Cl2N7O. The predicted molar refractivity (Wildman–Crippen MR) is 150 cm³/mol. The van der Waals surface area contributed by atoms with E-state index in [-0.39, 0.29) is 23.4 Å². The molecule has 0 radical (unpaired) electrons. The molecule has 2 heterocycles. The molecule has 4 rings (SSSR count). The first kappa shape index (κ1) is 27.2. The number of carbonyl (C=O) groups is 1. The van der Waals surface area contributed by atoms with Crippen molar-refractivity contribution in [1.29, 1.82) is 0 Å². The molecule has 0 bridgehead atoms. The lowest BCUT2D eigenvalue weighted by molar-refractivity contribution is 0.0916. The van der Waals surface area contributed by atoms with Gasteiger partial charge >= 0.3 is 0 Å². The van der Waals surface area contributed by atoms with Gasteiger partial charge in [0, 0.05) is 47.8 Å².